The lowest BCUT2D eigenvalue weighted by molar-refractivity contribution is -0.170. The van der Waals surface area contributed by atoms with Crippen molar-refractivity contribution in [3.63, 3.8) is 0 Å². The van der Waals surface area contributed by atoms with Crippen LogP contribution in [0.4, 0.5) is 26.3 Å². The number of primary sulfonamides is 1. The molecule has 1 aliphatic carbocycles. The van der Waals surface area contributed by atoms with Gasteiger partial charge in [-0.15, -0.1) is 0 Å². The van der Waals surface area contributed by atoms with E-state index in [9.17, 15) is 34.8 Å². The van der Waals surface area contributed by atoms with Crippen LogP contribution in [0.3, 0.4) is 0 Å². The first-order chi connectivity index (χ1) is 13.3. The Labute approximate surface area is 162 Å². The topological polar surface area (TPSA) is 60.2 Å². The standard InChI is InChI=1S/C19H15F6NO2S/c20-18(21,22)13-5-1-11(2-6-13)16-9-14(19(23,24)25)10-17(16)12-3-7-15(8-4-12)29(26,27)28/h1-8,14H,9-10H2,(H2,26,27,28). The van der Waals surface area contributed by atoms with E-state index in [4.69, 9.17) is 5.14 Å². The van der Waals surface area contributed by atoms with E-state index in [-0.39, 0.29) is 28.9 Å². The second-order valence-electron chi connectivity index (χ2n) is 6.75. The minimum atomic E-state index is -4.55. The fourth-order valence-electron chi connectivity index (χ4n) is 3.33. The molecule has 0 saturated heterocycles. The lowest BCUT2D eigenvalue weighted by atomic mass is 9.96. The van der Waals surface area contributed by atoms with E-state index in [2.05, 4.69) is 0 Å². The molecule has 10 heteroatoms. The minimum Gasteiger partial charge on any atom is -0.225 e. The molecule has 0 aromatic heterocycles. The molecule has 0 heterocycles. The Bertz CT molecular complexity index is 1040. The zero-order valence-electron chi connectivity index (χ0n) is 14.7. The molecule has 3 rings (SSSR count). The maximum Gasteiger partial charge on any atom is 0.416 e. The summed E-state index contributed by atoms with van der Waals surface area (Å²) in [6, 6.07) is 9.00. The highest BCUT2D eigenvalue weighted by atomic mass is 32.2. The third-order valence-electron chi connectivity index (χ3n) is 4.82. The molecule has 0 aliphatic heterocycles. The summed E-state index contributed by atoms with van der Waals surface area (Å²) in [7, 11) is -3.96. The van der Waals surface area contributed by atoms with Crippen molar-refractivity contribution in [2.75, 3.05) is 0 Å². The van der Waals surface area contributed by atoms with Gasteiger partial charge in [0.15, 0.2) is 0 Å². The molecule has 2 N–H and O–H groups in total. The SMILES string of the molecule is NS(=O)(=O)c1ccc(C2=C(c3ccc(C(F)(F)F)cc3)CC(C(F)(F)F)C2)cc1. The third kappa shape index (κ3) is 4.64. The smallest absolute Gasteiger partial charge is 0.225 e. The summed E-state index contributed by atoms with van der Waals surface area (Å²) in [5.41, 5.74) is 0.318. The summed E-state index contributed by atoms with van der Waals surface area (Å²) >= 11 is 0. The molecule has 0 spiro atoms. The maximum atomic E-state index is 13.3. The highest BCUT2D eigenvalue weighted by Gasteiger charge is 2.44. The predicted octanol–water partition coefficient (Wildman–Crippen LogP) is 5.24. The van der Waals surface area contributed by atoms with Gasteiger partial charge in [-0.1, -0.05) is 24.3 Å². The van der Waals surface area contributed by atoms with Crippen molar-refractivity contribution in [1.29, 1.82) is 0 Å². The third-order valence-corrected chi connectivity index (χ3v) is 5.75. The number of hydrogen-bond acceptors (Lipinski definition) is 2. The Morgan fingerprint density at radius 1 is 0.759 bits per heavy atom. The highest BCUT2D eigenvalue weighted by molar-refractivity contribution is 7.89. The molecule has 2 aromatic carbocycles. The molecule has 0 amide bonds. The summed E-state index contributed by atoms with van der Waals surface area (Å²) < 4.78 is 101. The second kappa shape index (κ2) is 7.17. The Kier molecular flexibility index (Phi) is 5.29. The fourth-order valence-corrected chi connectivity index (χ4v) is 3.85. The number of alkyl halides is 6. The van der Waals surface area contributed by atoms with E-state index in [0.717, 1.165) is 24.3 Å². The van der Waals surface area contributed by atoms with Gasteiger partial charge >= 0.3 is 12.4 Å². The van der Waals surface area contributed by atoms with E-state index >= 15 is 0 Å². The predicted molar refractivity (Wildman–Crippen MR) is 94.9 cm³/mol. The average molecular weight is 435 g/mol. The molecular formula is C19H15F6NO2S. The van der Waals surface area contributed by atoms with Crippen molar-refractivity contribution in [3.8, 4) is 0 Å². The Balaban J connectivity index is 2.05. The summed E-state index contributed by atoms with van der Waals surface area (Å²) in [5.74, 6) is -1.67. The molecule has 156 valence electrons. The van der Waals surface area contributed by atoms with E-state index < -0.39 is 33.9 Å². The van der Waals surface area contributed by atoms with Gasteiger partial charge in [0.2, 0.25) is 10.0 Å². The summed E-state index contributed by atoms with van der Waals surface area (Å²) in [6.45, 7) is 0. The number of nitrogens with two attached hydrogens (primary N) is 1. The van der Waals surface area contributed by atoms with E-state index in [1.165, 1.54) is 24.3 Å². The molecular weight excluding hydrogens is 420 g/mol. The van der Waals surface area contributed by atoms with Gasteiger partial charge in [-0.05, 0) is 59.4 Å². The van der Waals surface area contributed by atoms with Crippen molar-refractivity contribution in [2.45, 2.75) is 30.1 Å². The van der Waals surface area contributed by atoms with Crippen LogP contribution in [0, 0.1) is 5.92 Å². The molecule has 1 atom stereocenters. The molecule has 0 radical (unpaired) electrons. The molecule has 0 saturated carbocycles. The number of halogens is 6. The van der Waals surface area contributed by atoms with Crippen molar-refractivity contribution < 1.29 is 34.8 Å². The molecule has 0 fully saturated rings. The molecule has 29 heavy (non-hydrogen) atoms. The Morgan fingerprint density at radius 2 is 1.17 bits per heavy atom. The molecule has 3 nitrogen and oxygen atoms in total. The monoisotopic (exact) mass is 435 g/mol. The number of sulfonamides is 1. The fraction of sp³-hybridized carbons (Fsp3) is 0.263. The first-order valence-corrected chi connectivity index (χ1v) is 9.91. The summed E-state index contributed by atoms with van der Waals surface area (Å²) in [5, 5.41) is 5.03. The second-order valence-corrected chi connectivity index (χ2v) is 8.31. The van der Waals surface area contributed by atoms with E-state index in [1.54, 1.807) is 0 Å². The van der Waals surface area contributed by atoms with Crippen LogP contribution in [0.5, 0.6) is 0 Å². The van der Waals surface area contributed by atoms with Gasteiger partial charge in [-0.2, -0.15) is 26.3 Å². The number of benzene rings is 2. The summed E-state index contributed by atoms with van der Waals surface area (Å²) in [4.78, 5) is -0.191. The number of hydrogen-bond donors (Lipinski definition) is 1. The van der Waals surface area contributed by atoms with Crippen LogP contribution in [0.25, 0.3) is 11.1 Å². The maximum absolute atomic E-state index is 13.3. The van der Waals surface area contributed by atoms with Crippen molar-refractivity contribution >= 4 is 21.2 Å². The zero-order chi connectivity index (χ0) is 21.6. The normalized spacial score (nSPS) is 18.4. The van der Waals surface area contributed by atoms with Crippen molar-refractivity contribution in [2.24, 2.45) is 11.1 Å². The highest BCUT2D eigenvalue weighted by Crippen LogP contribution is 2.49. The van der Waals surface area contributed by atoms with Crippen LogP contribution in [0.1, 0.15) is 29.5 Å². The first kappa shape index (κ1) is 21.4. The van der Waals surface area contributed by atoms with Crippen LogP contribution >= 0.6 is 0 Å². The van der Waals surface area contributed by atoms with Crippen LogP contribution in [-0.4, -0.2) is 14.6 Å². The van der Waals surface area contributed by atoms with Crippen LogP contribution in [-0.2, 0) is 16.2 Å². The van der Waals surface area contributed by atoms with Crippen LogP contribution in [0.2, 0.25) is 0 Å². The van der Waals surface area contributed by atoms with Gasteiger partial charge in [0.1, 0.15) is 0 Å². The molecule has 1 unspecified atom stereocenters. The summed E-state index contributed by atoms with van der Waals surface area (Å²) in [6.07, 6.45) is -9.75. The van der Waals surface area contributed by atoms with Gasteiger partial charge in [0, 0.05) is 0 Å². The minimum absolute atomic E-state index is 0.191. The van der Waals surface area contributed by atoms with E-state index in [0.29, 0.717) is 11.1 Å². The zero-order valence-corrected chi connectivity index (χ0v) is 15.5. The van der Waals surface area contributed by atoms with Gasteiger partial charge in [-0.3, -0.25) is 0 Å². The molecule has 1 aliphatic rings. The quantitative estimate of drug-likeness (QED) is 0.671. The number of rotatable bonds is 3. The average Bonchev–Trinajstić information content (AvgIpc) is 3.06. The van der Waals surface area contributed by atoms with Gasteiger partial charge in [0.05, 0.1) is 16.4 Å². The van der Waals surface area contributed by atoms with Crippen LogP contribution in [0.15, 0.2) is 53.4 Å². The molecule has 2 aromatic rings. The van der Waals surface area contributed by atoms with Crippen molar-refractivity contribution in [3.05, 3.63) is 65.2 Å². The lowest BCUT2D eigenvalue weighted by Crippen LogP contribution is -2.20. The lowest BCUT2D eigenvalue weighted by Gasteiger charge is -2.14. The molecule has 0 bridgehead atoms. The number of allylic oxidation sites excluding steroid dienone is 2. The Hall–Kier alpha value is -2.33. The van der Waals surface area contributed by atoms with E-state index in [1.807, 2.05) is 0 Å². The Morgan fingerprint density at radius 3 is 1.52 bits per heavy atom. The van der Waals surface area contributed by atoms with Gasteiger partial charge in [-0.25, -0.2) is 13.6 Å². The largest absolute Gasteiger partial charge is 0.416 e. The van der Waals surface area contributed by atoms with Gasteiger partial charge < -0.3 is 0 Å². The van der Waals surface area contributed by atoms with Gasteiger partial charge in [0.25, 0.3) is 0 Å². The van der Waals surface area contributed by atoms with Crippen LogP contribution < -0.4 is 5.14 Å². The van der Waals surface area contributed by atoms with Crippen molar-refractivity contribution in [1.82, 2.24) is 0 Å². The first-order valence-electron chi connectivity index (χ1n) is 8.36.